The van der Waals surface area contributed by atoms with Gasteiger partial charge in [-0.25, -0.2) is 0 Å². The highest BCUT2D eigenvalue weighted by atomic mass is 14.9. The fraction of sp³-hybridized carbons (Fsp3) is 0.692. The Hall–Kier alpha value is -0.560. The first-order chi connectivity index (χ1) is 6.74. The molecule has 1 nitrogen and oxygen atoms in total. The van der Waals surface area contributed by atoms with E-state index in [2.05, 4.69) is 25.7 Å². The van der Waals surface area contributed by atoms with Crippen LogP contribution in [0.1, 0.15) is 48.0 Å². The van der Waals surface area contributed by atoms with Crippen LogP contribution in [-0.4, -0.2) is 12.6 Å². The Kier molecular flexibility index (Phi) is 11.9. The molecular weight excluding hydrogens is 170 g/mol. The highest BCUT2D eigenvalue weighted by Gasteiger charge is 2.10. The van der Waals surface area contributed by atoms with Crippen LogP contribution in [0.3, 0.4) is 0 Å². The summed E-state index contributed by atoms with van der Waals surface area (Å²) >= 11 is 0. The van der Waals surface area contributed by atoms with Gasteiger partial charge in [0, 0.05) is 12.6 Å². The minimum Gasteiger partial charge on any atom is -0.310 e. The molecule has 1 N–H and O–H groups in total. The van der Waals surface area contributed by atoms with Crippen molar-refractivity contribution in [2.24, 2.45) is 0 Å². The van der Waals surface area contributed by atoms with E-state index in [0.29, 0.717) is 6.04 Å². The van der Waals surface area contributed by atoms with Gasteiger partial charge in [0.15, 0.2) is 0 Å². The fourth-order valence-electron chi connectivity index (χ4n) is 1.34. The maximum Gasteiger partial charge on any atom is 0.0207 e. The number of nitrogens with one attached hydrogen (secondary N) is 1. The van der Waals surface area contributed by atoms with Crippen LogP contribution in [-0.2, 0) is 0 Å². The summed E-state index contributed by atoms with van der Waals surface area (Å²) in [6, 6.07) is 0.642. The Balaban J connectivity index is 0. The molecule has 0 spiro atoms. The van der Waals surface area contributed by atoms with Crippen molar-refractivity contribution in [3.05, 3.63) is 23.8 Å². The average molecular weight is 197 g/mol. The number of hydrogen-bond acceptors (Lipinski definition) is 1. The van der Waals surface area contributed by atoms with Gasteiger partial charge < -0.3 is 5.32 Å². The zero-order valence-electron chi connectivity index (χ0n) is 10.8. The van der Waals surface area contributed by atoms with Gasteiger partial charge in [0.05, 0.1) is 0 Å². The van der Waals surface area contributed by atoms with Gasteiger partial charge in [0.1, 0.15) is 0 Å². The lowest BCUT2D eigenvalue weighted by Crippen LogP contribution is -2.32. The van der Waals surface area contributed by atoms with Gasteiger partial charge in [0.25, 0.3) is 0 Å². The molecule has 14 heavy (non-hydrogen) atoms. The number of rotatable bonds is 1. The first-order valence-corrected chi connectivity index (χ1v) is 5.78. The maximum atomic E-state index is 3.76. The van der Waals surface area contributed by atoms with Crippen LogP contribution in [0.15, 0.2) is 23.8 Å². The second-order valence-electron chi connectivity index (χ2n) is 3.00. The van der Waals surface area contributed by atoms with Gasteiger partial charge in [0.2, 0.25) is 0 Å². The van der Waals surface area contributed by atoms with Gasteiger partial charge in [-0.15, -0.1) is 0 Å². The van der Waals surface area contributed by atoms with Gasteiger partial charge in [-0.05, 0) is 25.8 Å². The van der Waals surface area contributed by atoms with E-state index in [-0.39, 0.29) is 0 Å². The molecule has 84 valence electrons. The van der Waals surface area contributed by atoms with Crippen LogP contribution in [0.5, 0.6) is 0 Å². The van der Waals surface area contributed by atoms with E-state index in [1.165, 1.54) is 17.6 Å². The largest absolute Gasteiger partial charge is 0.310 e. The molecule has 0 bridgehead atoms. The third kappa shape index (κ3) is 5.98. The summed E-state index contributed by atoms with van der Waals surface area (Å²) in [6.07, 6.45) is 3.12. The van der Waals surface area contributed by atoms with Crippen LogP contribution in [0.25, 0.3) is 0 Å². The summed E-state index contributed by atoms with van der Waals surface area (Å²) in [5, 5.41) is 3.38. The van der Waals surface area contributed by atoms with Gasteiger partial charge >= 0.3 is 0 Å². The molecule has 1 atom stereocenters. The van der Waals surface area contributed by atoms with E-state index in [0.717, 1.165) is 6.54 Å². The third-order valence-corrected chi connectivity index (χ3v) is 2.05. The summed E-state index contributed by atoms with van der Waals surface area (Å²) in [6.45, 7) is 17.2. The molecule has 0 saturated heterocycles. The summed E-state index contributed by atoms with van der Waals surface area (Å²) in [5.41, 5.74) is 2.86. The van der Waals surface area contributed by atoms with Crippen molar-refractivity contribution in [1.29, 1.82) is 0 Å². The lowest BCUT2D eigenvalue weighted by molar-refractivity contribution is 0.543. The van der Waals surface area contributed by atoms with Crippen LogP contribution in [0, 0.1) is 0 Å². The highest BCUT2D eigenvalue weighted by Crippen LogP contribution is 2.15. The Morgan fingerprint density at radius 2 is 1.79 bits per heavy atom. The van der Waals surface area contributed by atoms with Crippen LogP contribution < -0.4 is 5.32 Å². The molecule has 0 amide bonds. The quantitative estimate of drug-likeness (QED) is 0.672. The zero-order chi connectivity index (χ0) is 11.6. The monoisotopic (exact) mass is 197 g/mol. The SMILES string of the molecule is C=CC1=C(C)CC(C)NC1.CC.CC. The Bertz CT molecular complexity index is 168. The van der Waals surface area contributed by atoms with Crippen molar-refractivity contribution >= 4 is 0 Å². The van der Waals surface area contributed by atoms with E-state index in [4.69, 9.17) is 0 Å². The highest BCUT2D eigenvalue weighted by molar-refractivity contribution is 5.27. The Morgan fingerprint density at radius 1 is 1.29 bits per heavy atom. The van der Waals surface area contributed by atoms with Crippen molar-refractivity contribution < 1.29 is 0 Å². The third-order valence-electron chi connectivity index (χ3n) is 2.05. The molecule has 1 heterocycles. The fourth-order valence-corrected chi connectivity index (χ4v) is 1.34. The Morgan fingerprint density at radius 3 is 2.14 bits per heavy atom. The predicted octanol–water partition coefficient (Wildman–Crippen LogP) is 3.92. The summed E-state index contributed by atoms with van der Waals surface area (Å²) in [5.74, 6) is 0. The minimum atomic E-state index is 0.642. The molecule has 0 aromatic carbocycles. The molecule has 0 aromatic rings. The van der Waals surface area contributed by atoms with Gasteiger partial charge in [-0.2, -0.15) is 0 Å². The predicted molar refractivity (Wildman–Crippen MR) is 67.7 cm³/mol. The van der Waals surface area contributed by atoms with Crippen molar-refractivity contribution in [2.45, 2.75) is 54.0 Å². The van der Waals surface area contributed by atoms with Crippen molar-refractivity contribution in [3.8, 4) is 0 Å². The Labute approximate surface area is 90.3 Å². The molecule has 0 aromatic heterocycles. The average Bonchev–Trinajstić information content (AvgIpc) is 2.24. The lowest BCUT2D eigenvalue weighted by atomic mass is 9.98. The molecule has 1 unspecified atom stereocenters. The molecule has 1 heteroatoms. The van der Waals surface area contributed by atoms with Crippen LogP contribution in [0.2, 0.25) is 0 Å². The van der Waals surface area contributed by atoms with E-state index in [1.807, 2.05) is 33.8 Å². The van der Waals surface area contributed by atoms with Crippen LogP contribution >= 0.6 is 0 Å². The normalized spacial score (nSPS) is 20.0. The maximum absolute atomic E-state index is 3.76. The molecule has 0 fully saturated rings. The molecule has 0 aliphatic carbocycles. The first kappa shape index (κ1) is 15.9. The van der Waals surface area contributed by atoms with Gasteiger partial charge in [-0.1, -0.05) is 45.9 Å². The molecule has 1 rings (SSSR count). The van der Waals surface area contributed by atoms with Gasteiger partial charge in [-0.3, -0.25) is 0 Å². The smallest absolute Gasteiger partial charge is 0.0207 e. The molecule has 0 radical (unpaired) electrons. The molecular formula is C13H27N. The lowest BCUT2D eigenvalue weighted by Gasteiger charge is -2.22. The summed E-state index contributed by atoms with van der Waals surface area (Å²) in [7, 11) is 0. The standard InChI is InChI=1S/C9H15N.2C2H6/c1-4-9-6-10-8(3)5-7(9)2;2*1-2/h4,8,10H,1,5-6H2,2-3H3;2*1-2H3. The molecule has 0 saturated carbocycles. The van der Waals surface area contributed by atoms with Crippen molar-refractivity contribution in [2.75, 3.05) is 6.54 Å². The van der Waals surface area contributed by atoms with E-state index < -0.39 is 0 Å². The summed E-state index contributed by atoms with van der Waals surface area (Å²) in [4.78, 5) is 0. The van der Waals surface area contributed by atoms with Crippen molar-refractivity contribution in [1.82, 2.24) is 5.32 Å². The van der Waals surface area contributed by atoms with E-state index >= 15 is 0 Å². The van der Waals surface area contributed by atoms with Crippen molar-refractivity contribution in [3.63, 3.8) is 0 Å². The zero-order valence-corrected chi connectivity index (χ0v) is 10.8. The van der Waals surface area contributed by atoms with Crippen LogP contribution in [0.4, 0.5) is 0 Å². The van der Waals surface area contributed by atoms with E-state index in [9.17, 15) is 0 Å². The minimum absolute atomic E-state index is 0.642. The summed E-state index contributed by atoms with van der Waals surface area (Å²) < 4.78 is 0. The second kappa shape index (κ2) is 10.5. The molecule has 1 aliphatic rings. The first-order valence-electron chi connectivity index (χ1n) is 5.78. The topological polar surface area (TPSA) is 12.0 Å². The van der Waals surface area contributed by atoms with E-state index in [1.54, 1.807) is 0 Å². The number of hydrogen-bond donors (Lipinski definition) is 1. The molecule has 1 aliphatic heterocycles. The second-order valence-corrected chi connectivity index (χ2v) is 3.00.